The summed E-state index contributed by atoms with van der Waals surface area (Å²) < 4.78 is 11.7. The molecule has 20 heavy (non-hydrogen) atoms. The van der Waals surface area contributed by atoms with Crippen molar-refractivity contribution in [2.45, 2.75) is 25.0 Å². The van der Waals surface area contributed by atoms with Gasteiger partial charge in [0.2, 0.25) is 0 Å². The molecule has 1 aromatic heterocycles. The lowest BCUT2D eigenvalue weighted by Crippen LogP contribution is -2.38. The van der Waals surface area contributed by atoms with Crippen LogP contribution >= 0.6 is 11.3 Å². The van der Waals surface area contributed by atoms with Gasteiger partial charge in [0, 0.05) is 24.4 Å². The Labute approximate surface area is 122 Å². The molecule has 1 aliphatic carbocycles. The van der Waals surface area contributed by atoms with E-state index in [4.69, 9.17) is 9.47 Å². The molecule has 1 aromatic rings. The predicted octanol–water partition coefficient (Wildman–Crippen LogP) is 2.01. The lowest BCUT2D eigenvalue weighted by atomic mass is 10.0. The topological polar surface area (TPSA) is 38.8 Å². The van der Waals surface area contributed by atoms with Gasteiger partial charge in [-0.05, 0) is 30.2 Å². The lowest BCUT2D eigenvalue weighted by Gasteiger charge is -2.21. The van der Waals surface area contributed by atoms with E-state index < -0.39 is 0 Å². The second-order valence-corrected chi connectivity index (χ2v) is 6.83. The highest BCUT2D eigenvalue weighted by Crippen LogP contribution is 2.35. The van der Waals surface area contributed by atoms with Crippen molar-refractivity contribution in [2.24, 2.45) is 11.8 Å². The summed E-state index contributed by atoms with van der Waals surface area (Å²) in [6, 6.07) is 2.10. The number of likely N-dealkylation sites (tertiary alicyclic amines) is 1. The number of thiophene rings is 1. The molecule has 4 nitrogen and oxygen atoms in total. The Hall–Kier alpha value is -0.910. The van der Waals surface area contributed by atoms with Crippen molar-refractivity contribution < 1.29 is 14.3 Å². The van der Waals surface area contributed by atoms with Crippen molar-refractivity contribution in [3.63, 3.8) is 0 Å². The molecule has 0 aromatic carbocycles. The zero-order chi connectivity index (χ0) is 13.5. The number of amides is 1. The Morgan fingerprint density at radius 2 is 2.35 bits per heavy atom. The molecule has 3 aliphatic rings. The van der Waals surface area contributed by atoms with Crippen LogP contribution in [-0.2, 0) is 9.47 Å². The maximum Gasteiger partial charge on any atom is 0.255 e. The van der Waals surface area contributed by atoms with E-state index in [1.165, 1.54) is 12.8 Å². The Kier molecular flexibility index (Phi) is 3.28. The normalized spacial score (nSPS) is 32.6. The first-order valence-electron chi connectivity index (χ1n) is 7.35. The number of rotatable bonds is 4. The molecule has 1 saturated carbocycles. The Morgan fingerprint density at radius 1 is 1.45 bits per heavy atom. The molecule has 2 aliphatic heterocycles. The first-order chi connectivity index (χ1) is 9.83. The van der Waals surface area contributed by atoms with Crippen LogP contribution in [0.3, 0.4) is 0 Å². The Bertz CT molecular complexity index is 485. The van der Waals surface area contributed by atoms with Crippen molar-refractivity contribution in [3.8, 4) is 0 Å². The van der Waals surface area contributed by atoms with Crippen LogP contribution in [0.5, 0.6) is 0 Å². The van der Waals surface area contributed by atoms with Gasteiger partial charge in [-0.3, -0.25) is 4.79 Å². The number of carbonyl (C=O) groups is 1. The van der Waals surface area contributed by atoms with Crippen molar-refractivity contribution in [3.05, 3.63) is 22.4 Å². The molecule has 3 fully saturated rings. The molecule has 0 N–H and O–H groups in total. The van der Waals surface area contributed by atoms with Crippen LogP contribution in [-0.4, -0.2) is 49.3 Å². The molecule has 108 valence electrons. The second kappa shape index (κ2) is 5.13. The summed E-state index contributed by atoms with van der Waals surface area (Å²) in [4.78, 5) is 14.5. The van der Waals surface area contributed by atoms with E-state index in [1.807, 2.05) is 21.7 Å². The second-order valence-electron chi connectivity index (χ2n) is 6.05. The molecule has 2 saturated heterocycles. The van der Waals surface area contributed by atoms with Crippen molar-refractivity contribution in [2.75, 3.05) is 26.4 Å². The van der Waals surface area contributed by atoms with Crippen molar-refractivity contribution >= 4 is 17.2 Å². The summed E-state index contributed by atoms with van der Waals surface area (Å²) in [7, 11) is 0. The highest BCUT2D eigenvalue weighted by atomic mass is 32.1. The quantitative estimate of drug-likeness (QED) is 0.852. The molecular weight excluding hydrogens is 274 g/mol. The van der Waals surface area contributed by atoms with Gasteiger partial charge in [0.1, 0.15) is 0 Å². The van der Waals surface area contributed by atoms with E-state index in [0.29, 0.717) is 12.5 Å². The molecule has 0 bridgehead atoms. The largest absolute Gasteiger partial charge is 0.379 e. The lowest BCUT2D eigenvalue weighted by molar-refractivity contribution is 0.0141. The molecule has 1 amide bonds. The fourth-order valence-corrected chi connectivity index (χ4v) is 3.84. The van der Waals surface area contributed by atoms with Crippen LogP contribution < -0.4 is 0 Å². The van der Waals surface area contributed by atoms with E-state index >= 15 is 0 Å². The van der Waals surface area contributed by atoms with Gasteiger partial charge in [0.25, 0.3) is 5.91 Å². The minimum atomic E-state index is 0.129. The van der Waals surface area contributed by atoms with Gasteiger partial charge in [-0.25, -0.2) is 0 Å². The van der Waals surface area contributed by atoms with E-state index in [0.717, 1.165) is 31.2 Å². The van der Waals surface area contributed by atoms with E-state index in [1.54, 1.807) is 11.3 Å². The smallest absolute Gasteiger partial charge is 0.255 e. The van der Waals surface area contributed by atoms with Crippen LogP contribution in [0, 0.1) is 11.8 Å². The van der Waals surface area contributed by atoms with Gasteiger partial charge in [-0.2, -0.15) is 11.3 Å². The van der Waals surface area contributed by atoms with Crippen LogP contribution in [0.4, 0.5) is 0 Å². The third kappa shape index (κ3) is 2.28. The maximum atomic E-state index is 12.6. The van der Waals surface area contributed by atoms with Crippen LogP contribution in [0.25, 0.3) is 0 Å². The molecule has 3 atom stereocenters. The summed E-state index contributed by atoms with van der Waals surface area (Å²) in [6.07, 6.45) is 2.76. The van der Waals surface area contributed by atoms with E-state index in [9.17, 15) is 4.79 Å². The molecular formula is C15H19NO3S. The van der Waals surface area contributed by atoms with Crippen molar-refractivity contribution in [1.82, 2.24) is 4.90 Å². The van der Waals surface area contributed by atoms with Gasteiger partial charge in [-0.1, -0.05) is 0 Å². The SMILES string of the molecule is O=C(c1ccsc1)N1C[C@H](OCC2CC2)[C@H]2COC[C@H]21. The summed E-state index contributed by atoms with van der Waals surface area (Å²) in [6.45, 7) is 2.96. The molecule has 0 radical (unpaired) electrons. The number of nitrogens with zero attached hydrogens (tertiary/aromatic N) is 1. The average Bonchev–Trinajstić information content (AvgIpc) is 2.90. The number of hydrogen-bond donors (Lipinski definition) is 0. The first-order valence-corrected chi connectivity index (χ1v) is 8.29. The highest BCUT2D eigenvalue weighted by Gasteiger charge is 2.48. The molecule has 5 heteroatoms. The van der Waals surface area contributed by atoms with Crippen molar-refractivity contribution in [1.29, 1.82) is 0 Å². The Balaban J connectivity index is 1.47. The van der Waals surface area contributed by atoms with E-state index in [-0.39, 0.29) is 18.1 Å². The molecule has 0 unspecified atom stereocenters. The summed E-state index contributed by atoms with van der Waals surface area (Å²) in [5, 5.41) is 3.87. The van der Waals surface area contributed by atoms with Gasteiger partial charge < -0.3 is 14.4 Å². The summed E-state index contributed by atoms with van der Waals surface area (Å²) >= 11 is 1.57. The van der Waals surface area contributed by atoms with Gasteiger partial charge in [-0.15, -0.1) is 0 Å². The van der Waals surface area contributed by atoms with Crippen LogP contribution in [0.1, 0.15) is 23.2 Å². The van der Waals surface area contributed by atoms with Gasteiger partial charge in [0.05, 0.1) is 30.9 Å². The number of ether oxygens (including phenoxy) is 2. The summed E-state index contributed by atoms with van der Waals surface area (Å²) in [5.74, 6) is 1.25. The minimum Gasteiger partial charge on any atom is -0.379 e. The van der Waals surface area contributed by atoms with Crippen LogP contribution in [0.2, 0.25) is 0 Å². The Morgan fingerprint density at radius 3 is 3.10 bits per heavy atom. The van der Waals surface area contributed by atoms with Gasteiger partial charge in [0.15, 0.2) is 0 Å². The monoisotopic (exact) mass is 293 g/mol. The number of carbonyl (C=O) groups excluding carboxylic acids is 1. The number of fused-ring (bicyclic) bond motifs is 1. The highest BCUT2D eigenvalue weighted by molar-refractivity contribution is 7.08. The standard InChI is InChI=1S/C15H19NO3S/c17-15(11-3-4-20-9-11)16-5-14(19-6-10-1-2-10)12-7-18-8-13(12)16/h3-4,9-10,12-14H,1-2,5-8H2/t12-,13+,14-/m0/s1. The molecule has 4 rings (SSSR count). The predicted molar refractivity (Wildman–Crippen MR) is 75.9 cm³/mol. The molecule has 0 spiro atoms. The third-order valence-corrected chi connectivity index (χ3v) is 5.30. The first kappa shape index (κ1) is 12.8. The molecule has 3 heterocycles. The fraction of sp³-hybridized carbons (Fsp3) is 0.667. The zero-order valence-corrected chi connectivity index (χ0v) is 12.2. The number of hydrogen-bond acceptors (Lipinski definition) is 4. The minimum absolute atomic E-state index is 0.129. The third-order valence-electron chi connectivity index (χ3n) is 4.62. The summed E-state index contributed by atoms with van der Waals surface area (Å²) in [5.41, 5.74) is 0.795. The van der Waals surface area contributed by atoms with E-state index in [2.05, 4.69) is 0 Å². The fourth-order valence-electron chi connectivity index (χ4n) is 3.21. The van der Waals surface area contributed by atoms with Gasteiger partial charge >= 0.3 is 0 Å². The van der Waals surface area contributed by atoms with Crippen LogP contribution in [0.15, 0.2) is 16.8 Å². The maximum absolute atomic E-state index is 12.6. The average molecular weight is 293 g/mol. The zero-order valence-electron chi connectivity index (χ0n) is 11.4.